The Morgan fingerprint density at radius 3 is 2.57 bits per heavy atom. The molecule has 4 aromatic rings. The Labute approximate surface area is 204 Å². The lowest BCUT2D eigenvalue weighted by molar-refractivity contribution is -0.121. The number of fused-ring (bicyclic) bond motifs is 6. The van der Waals surface area contributed by atoms with Crippen LogP contribution in [0.1, 0.15) is 33.3 Å². The first-order valence-corrected chi connectivity index (χ1v) is 12.2. The summed E-state index contributed by atoms with van der Waals surface area (Å²) in [5.74, 6) is 0.0327. The van der Waals surface area contributed by atoms with Crippen molar-refractivity contribution in [2.45, 2.75) is 25.6 Å². The maximum atomic E-state index is 13.4. The molecule has 3 heterocycles. The highest BCUT2D eigenvalue weighted by molar-refractivity contribution is 6.02. The first-order chi connectivity index (χ1) is 17.1. The predicted octanol–water partition coefficient (Wildman–Crippen LogP) is 4.15. The Bertz CT molecular complexity index is 1430. The van der Waals surface area contributed by atoms with E-state index in [1.54, 1.807) is 0 Å². The van der Waals surface area contributed by atoms with Crippen LogP contribution in [0.2, 0.25) is 0 Å². The summed E-state index contributed by atoms with van der Waals surface area (Å²) in [5.41, 5.74) is 6.18. The number of carbonyl (C=O) groups excluding carboxylic acids is 2. The molecule has 6 rings (SSSR count). The van der Waals surface area contributed by atoms with Gasteiger partial charge in [0.1, 0.15) is 12.7 Å². The minimum atomic E-state index is -0.245. The number of amides is 2. The molecule has 0 aliphatic carbocycles. The maximum Gasteiger partial charge on any atom is 0.257 e. The first-order valence-electron chi connectivity index (χ1n) is 12.2. The number of rotatable bonds is 5. The van der Waals surface area contributed by atoms with Gasteiger partial charge in [-0.2, -0.15) is 0 Å². The van der Waals surface area contributed by atoms with Crippen molar-refractivity contribution in [3.05, 3.63) is 101 Å². The van der Waals surface area contributed by atoms with Gasteiger partial charge in [-0.3, -0.25) is 9.59 Å². The number of carbonyl (C=O) groups is 2. The van der Waals surface area contributed by atoms with E-state index >= 15 is 0 Å². The monoisotopic (exact) mass is 464 g/mol. The van der Waals surface area contributed by atoms with Crippen LogP contribution in [0, 0.1) is 0 Å². The van der Waals surface area contributed by atoms with Gasteiger partial charge in [0.2, 0.25) is 5.91 Å². The molecular weight excluding hydrogens is 436 g/mol. The molecule has 1 N–H and O–H groups in total. The van der Waals surface area contributed by atoms with Gasteiger partial charge < -0.3 is 19.7 Å². The van der Waals surface area contributed by atoms with Crippen LogP contribution in [0.15, 0.2) is 78.9 Å². The number of aromatic nitrogens is 1. The molecule has 0 saturated carbocycles. The van der Waals surface area contributed by atoms with E-state index in [-0.39, 0.29) is 24.5 Å². The van der Waals surface area contributed by atoms with Gasteiger partial charge in [0.15, 0.2) is 0 Å². The molecule has 3 aromatic carbocycles. The molecule has 35 heavy (non-hydrogen) atoms. The van der Waals surface area contributed by atoms with Crippen molar-refractivity contribution >= 4 is 28.4 Å². The van der Waals surface area contributed by atoms with Gasteiger partial charge >= 0.3 is 0 Å². The van der Waals surface area contributed by atoms with Gasteiger partial charge in [0, 0.05) is 31.0 Å². The van der Waals surface area contributed by atoms with Crippen LogP contribution in [0.3, 0.4) is 0 Å². The van der Waals surface area contributed by atoms with Crippen LogP contribution in [0.5, 0.6) is 0 Å². The average Bonchev–Trinajstić information content (AvgIpc) is 3.21. The molecule has 176 valence electrons. The highest BCUT2D eigenvalue weighted by atomic mass is 16.2. The SMILES string of the molecule is CN1c2ccccc2C(=O)N2CCc3c(n(CC(=O)NCCc4ccccc4)c4ccccc34)C21. The molecule has 2 aliphatic rings. The summed E-state index contributed by atoms with van der Waals surface area (Å²) in [4.78, 5) is 30.7. The van der Waals surface area contributed by atoms with Crippen LogP contribution in [-0.2, 0) is 24.2 Å². The number of para-hydroxylation sites is 2. The van der Waals surface area contributed by atoms with Crippen molar-refractivity contribution < 1.29 is 9.59 Å². The summed E-state index contributed by atoms with van der Waals surface area (Å²) in [6.45, 7) is 1.47. The van der Waals surface area contributed by atoms with E-state index in [4.69, 9.17) is 0 Å². The highest BCUT2D eigenvalue weighted by Gasteiger charge is 2.42. The van der Waals surface area contributed by atoms with Crippen molar-refractivity contribution in [2.75, 3.05) is 25.0 Å². The summed E-state index contributed by atoms with van der Waals surface area (Å²) < 4.78 is 2.12. The lowest BCUT2D eigenvalue weighted by atomic mass is 9.96. The molecule has 0 fully saturated rings. The number of nitrogens with one attached hydrogen (secondary N) is 1. The molecule has 0 bridgehead atoms. The normalized spacial score (nSPS) is 16.6. The second-order valence-electron chi connectivity index (χ2n) is 9.30. The molecule has 6 nitrogen and oxygen atoms in total. The van der Waals surface area contributed by atoms with Crippen LogP contribution in [0.4, 0.5) is 5.69 Å². The first kappa shape index (κ1) is 21.5. The van der Waals surface area contributed by atoms with Gasteiger partial charge in [0.05, 0.1) is 16.9 Å². The Balaban J connectivity index is 1.35. The van der Waals surface area contributed by atoms with Gasteiger partial charge in [-0.15, -0.1) is 0 Å². The number of hydrogen-bond donors (Lipinski definition) is 1. The quantitative estimate of drug-likeness (QED) is 0.483. The number of nitrogens with zero attached hydrogens (tertiary/aromatic N) is 3. The zero-order valence-corrected chi connectivity index (χ0v) is 19.8. The van der Waals surface area contributed by atoms with E-state index in [9.17, 15) is 9.59 Å². The van der Waals surface area contributed by atoms with Crippen LogP contribution >= 0.6 is 0 Å². The van der Waals surface area contributed by atoms with E-state index in [1.165, 1.54) is 16.5 Å². The molecule has 0 radical (unpaired) electrons. The Kier molecular flexibility index (Phi) is 5.29. The summed E-state index contributed by atoms with van der Waals surface area (Å²) >= 11 is 0. The van der Waals surface area contributed by atoms with Gasteiger partial charge in [0.25, 0.3) is 5.91 Å². The molecule has 0 saturated heterocycles. The van der Waals surface area contributed by atoms with E-state index in [2.05, 4.69) is 39.0 Å². The summed E-state index contributed by atoms with van der Waals surface area (Å²) in [6.07, 6.45) is 1.32. The second-order valence-corrected chi connectivity index (χ2v) is 9.30. The molecule has 1 aromatic heterocycles. The summed E-state index contributed by atoms with van der Waals surface area (Å²) in [5, 5.41) is 4.26. The summed E-state index contributed by atoms with van der Waals surface area (Å²) in [6, 6.07) is 26.2. The third kappa shape index (κ3) is 3.57. The smallest absolute Gasteiger partial charge is 0.257 e. The topological polar surface area (TPSA) is 57.6 Å². The molecule has 0 spiro atoms. The van der Waals surface area contributed by atoms with Crippen LogP contribution < -0.4 is 10.2 Å². The lowest BCUT2D eigenvalue weighted by Crippen LogP contribution is -2.51. The molecule has 1 unspecified atom stereocenters. The van der Waals surface area contributed by atoms with Crippen molar-refractivity contribution in [3.63, 3.8) is 0 Å². The third-order valence-electron chi connectivity index (χ3n) is 7.28. The highest BCUT2D eigenvalue weighted by Crippen LogP contribution is 2.44. The predicted molar refractivity (Wildman–Crippen MR) is 137 cm³/mol. The Morgan fingerprint density at radius 2 is 1.71 bits per heavy atom. The average molecular weight is 465 g/mol. The standard InChI is InChI=1S/C29H28N4O2/c1-31-24-13-7-6-12-23(24)29(35)32-18-16-22-21-11-5-8-14-25(21)33(27(22)28(31)32)19-26(34)30-17-15-20-9-3-2-4-10-20/h2-14,28H,15-19H2,1H3,(H,30,34). The van der Waals surface area contributed by atoms with E-state index in [0.29, 0.717) is 13.1 Å². The fourth-order valence-corrected chi connectivity index (χ4v) is 5.67. The van der Waals surface area contributed by atoms with Crippen LogP contribution in [0.25, 0.3) is 10.9 Å². The van der Waals surface area contributed by atoms with Crippen molar-refractivity contribution in [1.29, 1.82) is 0 Å². The van der Waals surface area contributed by atoms with Gasteiger partial charge in [-0.25, -0.2) is 0 Å². The molecule has 6 heteroatoms. The fraction of sp³-hybridized carbons (Fsp3) is 0.241. The lowest BCUT2D eigenvalue weighted by Gasteiger charge is -2.46. The minimum Gasteiger partial charge on any atom is -0.354 e. The van der Waals surface area contributed by atoms with Crippen molar-refractivity contribution in [2.24, 2.45) is 0 Å². The van der Waals surface area contributed by atoms with Gasteiger partial charge in [-0.05, 0) is 42.2 Å². The minimum absolute atomic E-state index is 0.0215. The third-order valence-corrected chi connectivity index (χ3v) is 7.28. The fourth-order valence-electron chi connectivity index (χ4n) is 5.67. The maximum absolute atomic E-state index is 13.4. The molecule has 2 amide bonds. The van der Waals surface area contributed by atoms with Crippen molar-refractivity contribution in [1.82, 2.24) is 14.8 Å². The van der Waals surface area contributed by atoms with Gasteiger partial charge in [-0.1, -0.05) is 60.7 Å². The zero-order chi connectivity index (χ0) is 23.9. The largest absolute Gasteiger partial charge is 0.354 e. The summed E-state index contributed by atoms with van der Waals surface area (Å²) in [7, 11) is 2.04. The number of hydrogen-bond acceptors (Lipinski definition) is 3. The molecule has 2 aliphatic heterocycles. The van der Waals surface area contributed by atoms with E-state index in [0.717, 1.165) is 35.3 Å². The van der Waals surface area contributed by atoms with E-state index in [1.807, 2.05) is 66.5 Å². The number of anilines is 1. The Hall–Kier alpha value is -4.06. The van der Waals surface area contributed by atoms with E-state index < -0.39 is 0 Å². The van der Waals surface area contributed by atoms with Crippen LogP contribution in [-0.4, -0.2) is 41.4 Å². The zero-order valence-electron chi connectivity index (χ0n) is 19.8. The van der Waals surface area contributed by atoms with Crippen molar-refractivity contribution in [3.8, 4) is 0 Å². The second kappa shape index (κ2) is 8.62. The molecular formula is C29H28N4O2. The Morgan fingerprint density at radius 1 is 0.971 bits per heavy atom. The molecule has 1 atom stereocenters. The number of benzene rings is 3.